The van der Waals surface area contributed by atoms with Gasteiger partial charge < -0.3 is 4.57 Å². The van der Waals surface area contributed by atoms with E-state index in [1.54, 1.807) is 28.8 Å². The number of nitrogens with one attached hydrogen (secondary N) is 1. The summed E-state index contributed by atoms with van der Waals surface area (Å²) in [5, 5.41) is 10.1. The van der Waals surface area contributed by atoms with E-state index in [-0.39, 0.29) is 22.3 Å². The lowest BCUT2D eigenvalue weighted by molar-refractivity contribution is 0.599. The molecule has 1 N–H and O–H groups in total. The number of hydrogen-bond donors (Lipinski definition) is 1. The summed E-state index contributed by atoms with van der Waals surface area (Å²) in [6.07, 6.45) is 0. The lowest BCUT2D eigenvalue weighted by Gasteiger charge is -2.19. The number of rotatable bonds is 5. The average Bonchev–Trinajstić information content (AvgIpc) is 3.13. The number of aromatic nitrogens is 3. The summed E-state index contributed by atoms with van der Waals surface area (Å²) in [6, 6.07) is 25.4. The highest BCUT2D eigenvalue weighted by Crippen LogP contribution is 2.35. The number of anilines is 1. The minimum atomic E-state index is -3.97. The van der Waals surface area contributed by atoms with Gasteiger partial charge in [0.1, 0.15) is 23.0 Å². The molecule has 5 rings (SSSR count). The van der Waals surface area contributed by atoms with Crippen molar-refractivity contribution in [2.24, 2.45) is 0 Å². The van der Waals surface area contributed by atoms with Gasteiger partial charge >= 0.3 is 0 Å². The lowest BCUT2D eigenvalue weighted by Crippen LogP contribution is -2.19. The second kappa shape index (κ2) is 8.28. The number of nitriles is 1. The van der Waals surface area contributed by atoms with Gasteiger partial charge in [0.25, 0.3) is 10.0 Å². The Morgan fingerprint density at radius 2 is 1.53 bits per heavy atom. The summed E-state index contributed by atoms with van der Waals surface area (Å²) in [5.41, 5.74) is 4.10. The third kappa shape index (κ3) is 3.66. The van der Waals surface area contributed by atoms with Gasteiger partial charge in [0.15, 0.2) is 5.65 Å². The van der Waals surface area contributed by atoms with Crippen LogP contribution in [0.5, 0.6) is 0 Å². The number of nitrogens with zero attached hydrogens (tertiary/aromatic N) is 4. The Morgan fingerprint density at radius 1 is 0.912 bits per heavy atom. The van der Waals surface area contributed by atoms with Crippen molar-refractivity contribution in [1.82, 2.24) is 14.5 Å². The van der Waals surface area contributed by atoms with Crippen LogP contribution < -0.4 is 4.72 Å². The second-order valence-electron chi connectivity index (χ2n) is 8.10. The van der Waals surface area contributed by atoms with E-state index < -0.39 is 10.0 Å². The average molecular weight is 468 g/mol. The van der Waals surface area contributed by atoms with Crippen LogP contribution in [0.15, 0.2) is 83.8 Å². The monoisotopic (exact) mass is 467 g/mol. The van der Waals surface area contributed by atoms with Crippen molar-refractivity contribution in [3.63, 3.8) is 0 Å². The van der Waals surface area contributed by atoms with Crippen molar-refractivity contribution in [2.75, 3.05) is 4.72 Å². The summed E-state index contributed by atoms with van der Waals surface area (Å²) < 4.78 is 31.1. The summed E-state index contributed by atoms with van der Waals surface area (Å²) in [5.74, 6) is 0.143. The van der Waals surface area contributed by atoms with E-state index in [4.69, 9.17) is 4.98 Å². The third-order valence-electron chi connectivity index (χ3n) is 5.84. The Hall–Kier alpha value is -4.22. The van der Waals surface area contributed by atoms with Crippen LogP contribution in [0, 0.1) is 18.3 Å². The molecular weight excluding hydrogens is 446 g/mol. The maximum Gasteiger partial charge on any atom is 0.263 e. The van der Waals surface area contributed by atoms with Crippen LogP contribution in [0.1, 0.15) is 29.7 Å². The molecule has 0 amide bonds. The molecule has 8 heteroatoms. The van der Waals surface area contributed by atoms with Crippen molar-refractivity contribution in [3.8, 4) is 6.07 Å². The first-order valence-electron chi connectivity index (χ1n) is 10.7. The van der Waals surface area contributed by atoms with Crippen LogP contribution in [0.2, 0.25) is 0 Å². The third-order valence-corrected chi connectivity index (χ3v) is 7.19. The smallest absolute Gasteiger partial charge is 0.263 e. The minimum absolute atomic E-state index is 0.109. The van der Waals surface area contributed by atoms with Crippen LogP contribution in [0.4, 0.5) is 5.82 Å². The van der Waals surface area contributed by atoms with Crippen molar-refractivity contribution in [1.29, 1.82) is 5.26 Å². The summed E-state index contributed by atoms with van der Waals surface area (Å²) >= 11 is 0. The molecule has 5 aromatic rings. The Balaban J connectivity index is 1.79. The summed E-state index contributed by atoms with van der Waals surface area (Å²) in [4.78, 5) is 9.57. The Labute approximate surface area is 197 Å². The van der Waals surface area contributed by atoms with Gasteiger partial charge in [-0.05, 0) is 43.7 Å². The molecule has 34 heavy (non-hydrogen) atoms. The van der Waals surface area contributed by atoms with Crippen molar-refractivity contribution in [2.45, 2.75) is 24.8 Å². The zero-order valence-electron chi connectivity index (χ0n) is 18.6. The minimum Gasteiger partial charge on any atom is -0.302 e. The number of hydrogen-bond acceptors (Lipinski definition) is 5. The molecule has 0 aliphatic heterocycles. The number of aryl methyl sites for hydroxylation is 1. The van der Waals surface area contributed by atoms with Crippen molar-refractivity contribution >= 4 is 38.0 Å². The van der Waals surface area contributed by atoms with Crippen LogP contribution in [-0.2, 0) is 10.0 Å². The maximum absolute atomic E-state index is 13.3. The predicted molar refractivity (Wildman–Crippen MR) is 132 cm³/mol. The molecule has 0 aliphatic rings. The highest BCUT2D eigenvalue weighted by atomic mass is 32.2. The highest BCUT2D eigenvalue weighted by Gasteiger charge is 2.28. The molecule has 7 nitrogen and oxygen atoms in total. The molecular formula is C26H21N5O2S. The van der Waals surface area contributed by atoms with E-state index in [1.807, 2.05) is 68.4 Å². The molecule has 0 spiro atoms. The summed E-state index contributed by atoms with van der Waals surface area (Å²) in [6.45, 7) is 3.83. The van der Waals surface area contributed by atoms with E-state index in [0.717, 1.165) is 11.1 Å². The van der Waals surface area contributed by atoms with Gasteiger partial charge in [-0.25, -0.2) is 18.4 Å². The summed E-state index contributed by atoms with van der Waals surface area (Å²) in [7, 11) is -3.97. The standard InChI is InChI=1S/C26H21N5O2S/c1-17-12-14-20(15-13-17)34(32,33)30-25-21(16-27)24-26(29-23-11-7-6-10-22(23)28-24)31(25)18(2)19-8-4-3-5-9-19/h3-15,18,30H,1-2H3. The van der Waals surface area contributed by atoms with Crippen LogP contribution in [0.3, 0.4) is 0 Å². The molecule has 0 aliphatic carbocycles. The molecule has 0 saturated carbocycles. The van der Waals surface area contributed by atoms with Crippen LogP contribution >= 0.6 is 0 Å². The maximum atomic E-state index is 13.3. The predicted octanol–water partition coefficient (Wildman–Crippen LogP) is 5.17. The van der Waals surface area contributed by atoms with Gasteiger partial charge in [-0.2, -0.15) is 5.26 Å². The molecule has 1 atom stereocenters. The fourth-order valence-electron chi connectivity index (χ4n) is 4.03. The first-order valence-corrected chi connectivity index (χ1v) is 12.2. The topological polar surface area (TPSA) is 101 Å². The highest BCUT2D eigenvalue weighted by molar-refractivity contribution is 7.92. The molecule has 168 valence electrons. The van der Waals surface area contributed by atoms with Gasteiger partial charge in [0, 0.05) is 0 Å². The molecule has 0 radical (unpaired) electrons. The van der Waals surface area contributed by atoms with Crippen LogP contribution in [0.25, 0.3) is 22.2 Å². The quantitative estimate of drug-likeness (QED) is 0.384. The van der Waals surface area contributed by atoms with Gasteiger partial charge in [0.2, 0.25) is 0 Å². The molecule has 0 fully saturated rings. The molecule has 2 heterocycles. The van der Waals surface area contributed by atoms with E-state index in [2.05, 4.69) is 15.8 Å². The Kier molecular flexibility index (Phi) is 5.27. The lowest BCUT2D eigenvalue weighted by atomic mass is 10.1. The fourth-order valence-corrected chi connectivity index (χ4v) is 5.10. The number of sulfonamides is 1. The van der Waals surface area contributed by atoms with Crippen molar-refractivity contribution < 1.29 is 8.42 Å². The molecule has 0 saturated heterocycles. The number of fused-ring (bicyclic) bond motifs is 2. The molecule has 0 bridgehead atoms. The largest absolute Gasteiger partial charge is 0.302 e. The second-order valence-corrected chi connectivity index (χ2v) is 9.78. The van der Waals surface area contributed by atoms with E-state index in [1.165, 1.54) is 0 Å². The zero-order valence-corrected chi connectivity index (χ0v) is 19.4. The van der Waals surface area contributed by atoms with Gasteiger partial charge in [-0.3, -0.25) is 4.72 Å². The molecule has 3 aromatic carbocycles. The van der Waals surface area contributed by atoms with Crippen LogP contribution in [-0.4, -0.2) is 23.0 Å². The Bertz CT molecular complexity index is 1670. The SMILES string of the molecule is Cc1ccc(S(=O)(=O)Nc2c(C#N)c3nc4ccccc4nc3n2C(C)c2ccccc2)cc1. The normalized spacial score (nSPS) is 12.5. The molecule has 2 aromatic heterocycles. The van der Waals surface area contributed by atoms with Gasteiger partial charge in [-0.15, -0.1) is 0 Å². The number of para-hydroxylation sites is 2. The van der Waals surface area contributed by atoms with E-state index in [0.29, 0.717) is 22.2 Å². The van der Waals surface area contributed by atoms with Crippen molar-refractivity contribution in [3.05, 3.63) is 95.6 Å². The van der Waals surface area contributed by atoms with E-state index >= 15 is 0 Å². The fraction of sp³-hybridized carbons (Fsp3) is 0.115. The first-order chi connectivity index (χ1) is 16.4. The number of benzene rings is 3. The zero-order chi connectivity index (χ0) is 23.9. The first kappa shape index (κ1) is 21.6. The van der Waals surface area contributed by atoms with Gasteiger partial charge in [-0.1, -0.05) is 60.2 Å². The molecule has 1 unspecified atom stereocenters. The Morgan fingerprint density at radius 3 is 2.18 bits per heavy atom. The van der Waals surface area contributed by atoms with Gasteiger partial charge in [0.05, 0.1) is 22.0 Å². The van der Waals surface area contributed by atoms with E-state index in [9.17, 15) is 13.7 Å².